The van der Waals surface area contributed by atoms with Crippen LogP contribution in [0.1, 0.15) is 56.8 Å². The summed E-state index contributed by atoms with van der Waals surface area (Å²) in [5.41, 5.74) is 1.16. The highest BCUT2D eigenvalue weighted by Crippen LogP contribution is 2.35. The monoisotopic (exact) mass is 594 g/mol. The van der Waals surface area contributed by atoms with Gasteiger partial charge >= 0.3 is 0 Å². The number of benzene rings is 2. The Kier molecular flexibility index (Phi) is 11.1. The lowest BCUT2D eigenvalue weighted by molar-refractivity contribution is 0.0983. The third-order valence-electron chi connectivity index (χ3n) is 7.35. The molecule has 1 aliphatic heterocycles. The third-order valence-corrected chi connectivity index (χ3v) is 10.4. The second kappa shape index (κ2) is 13.9. The second-order valence-electron chi connectivity index (χ2n) is 9.49. The molecule has 1 aliphatic rings. The number of piperidine rings is 1. The van der Waals surface area contributed by atoms with E-state index in [1.165, 1.54) is 11.3 Å². The van der Waals surface area contributed by atoms with E-state index in [9.17, 15) is 13.2 Å². The molecule has 11 heteroatoms. The summed E-state index contributed by atoms with van der Waals surface area (Å²) in [4.78, 5) is 22.8. The van der Waals surface area contributed by atoms with E-state index in [0.717, 1.165) is 49.0 Å². The van der Waals surface area contributed by atoms with Crippen LogP contribution in [0.4, 0.5) is 5.13 Å². The number of thiazole rings is 1. The highest BCUT2D eigenvalue weighted by atomic mass is 35.5. The predicted octanol–water partition coefficient (Wildman–Crippen LogP) is 5.67. The molecule has 1 atom stereocenters. The van der Waals surface area contributed by atoms with Gasteiger partial charge in [-0.2, -0.15) is 4.31 Å². The lowest BCUT2D eigenvalue weighted by Gasteiger charge is -2.34. The van der Waals surface area contributed by atoms with Gasteiger partial charge in [-0.25, -0.2) is 13.4 Å². The first-order valence-corrected chi connectivity index (χ1v) is 15.7. The molecule has 8 nitrogen and oxygen atoms in total. The minimum Gasteiger partial charge on any atom is -0.494 e. The fourth-order valence-electron chi connectivity index (χ4n) is 5.02. The Morgan fingerprint density at radius 2 is 1.79 bits per heavy atom. The van der Waals surface area contributed by atoms with Gasteiger partial charge < -0.3 is 9.64 Å². The summed E-state index contributed by atoms with van der Waals surface area (Å²) >= 11 is 1.45. The first kappa shape index (κ1) is 31.3. The van der Waals surface area contributed by atoms with E-state index >= 15 is 0 Å². The van der Waals surface area contributed by atoms with Crippen molar-refractivity contribution in [3.8, 4) is 5.75 Å². The van der Waals surface area contributed by atoms with Crippen LogP contribution >= 0.6 is 23.7 Å². The molecule has 1 amide bonds. The van der Waals surface area contributed by atoms with Gasteiger partial charge in [0.05, 0.1) is 16.7 Å². The zero-order valence-corrected chi connectivity index (χ0v) is 25.6. The molecule has 3 aromatic rings. The number of nitrogens with zero attached hydrogens (tertiary/aromatic N) is 4. The number of ether oxygens (including phenoxy) is 1. The molecule has 39 heavy (non-hydrogen) atoms. The minimum absolute atomic E-state index is 0. The zero-order chi connectivity index (χ0) is 27.3. The van der Waals surface area contributed by atoms with Crippen molar-refractivity contribution in [2.75, 3.05) is 44.7 Å². The van der Waals surface area contributed by atoms with Crippen molar-refractivity contribution in [1.29, 1.82) is 0 Å². The minimum atomic E-state index is -3.61. The zero-order valence-electron chi connectivity index (χ0n) is 23.1. The van der Waals surface area contributed by atoms with Crippen LogP contribution in [0.2, 0.25) is 0 Å². The van der Waals surface area contributed by atoms with Crippen LogP contribution in [0.25, 0.3) is 10.2 Å². The van der Waals surface area contributed by atoms with Crippen LogP contribution in [-0.4, -0.2) is 74.4 Å². The number of amides is 1. The molecule has 0 bridgehead atoms. The van der Waals surface area contributed by atoms with Crippen molar-refractivity contribution < 1.29 is 17.9 Å². The van der Waals surface area contributed by atoms with Crippen LogP contribution in [0.5, 0.6) is 5.75 Å². The van der Waals surface area contributed by atoms with Gasteiger partial charge in [-0.15, -0.1) is 12.4 Å². The summed E-state index contributed by atoms with van der Waals surface area (Å²) in [5, 5.41) is 0.595. The number of fused-ring (bicyclic) bond motifs is 1. The lowest BCUT2D eigenvalue weighted by Crippen LogP contribution is -2.43. The average Bonchev–Trinajstić information content (AvgIpc) is 3.39. The summed E-state index contributed by atoms with van der Waals surface area (Å²) in [7, 11) is -2.00. The molecular formula is C28H39ClN4O4S2. The predicted molar refractivity (Wildman–Crippen MR) is 161 cm³/mol. The molecule has 0 N–H and O–H groups in total. The van der Waals surface area contributed by atoms with Gasteiger partial charge in [0.1, 0.15) is 11.3 Å². The number of hydrogen-bond donors (Lipinski definition) is 0. The molecule has 0 aliphatic carbocycles. The molecule has 1 fully saturated rings. The van der Waals surface area contributed by atoms with E-state index < -0.39 is 10.0 Å². The molecule has 2 aromatic carbocycles. The Morgan fingerprint density at radius 1 is 1.08 bits per heavy atom. The fraction of sp³-hybridized carbons (Fsp3) is 0.500. The van der Waals surface area contributed by atoms with Crippen molar-refractivity contribution in [3.63, 3.8) is 0 Å². The van der Waals surface area contributed by atoms with Crippen molar-refractivity contribution in [1.82, 2.24) is 14.2 Å². The number of para-hydroxylation sites is 1. The van der Waals surface area contributed by atoms with Crippen LogP contribution < -0.4 is 9.64 Å². The molecule has 0 saturated carbocycles. The number of carbonyl (C=O) groups excluding carboxylic acids is 1. The number of likely N-dealkylation sites (N-methyl/N-ethyl adjacent to an activating group) is 1. The number of hydrogen-bond acceptors (Lipinski definition) is 7. The van der Waals surface area contributed by atoms with Crippen LogP contribution in [0.15, 0.2) is 47.4 Å². The van der Waals surface area contributed by atoms with Crippen molar-refractivity contribution in [3.05, 3.63) is 48.0 Å². The maximum atomic E-state index is 13.8. The van der Waals surface area contributed by atoms with Gasteiger partial charge in [-0.05, 0) is 68.8 Å². The molecule has 0 spiro atoms. The van der Waals surface area contributed by atoms with Crippen molar-refractivity contribution >= 4 is 55.0 Å². The van der Waals surface area contributed by atoms with E-state index in [2.05, 4.69) is 18.7 Å². The van der Waals surface area contributed by atoms with E-state index in [-0.39, 0.29) is 29.3 Å². The smallest absolute Gasteiger partial charge is 0.260 e. The average molecular weight is 595 g/mol. The molecule has 214 valence electrons. The first-order valence-electron chi connectivity index (χ1n) is 13.4. The van der Waals surface area contributed by atoms with Crippen LogP contribution in [0, 0.1) is 0 Å². The highest BCUT2D eigenvalue weighted by Gasteiger charge is 2.32. The molecule has 1 saturated heterocycles. The number of sulfonamides is 1. The Hall–Kier alpha value is -2.24. The summed E-state index contributed by atoms with van der Waals surface area (Å²) in [6.45, 7) is 9.71. The summed E-state index contributed by atoms with van der Waals surface area (Å²) in [6.07, 6.45) is 3.62. The first-order chi connectivity index (χ1) is 18.3. The number of carbonyl (C=O) groups is 1. The summed E-state index contributed by atoms with van der Waals surface area (Å²) in [6, 6.07) is 12.1. The van der Waals surface area contributed by atoms with Crippen molar-refractivity contribution in [2.24, 2.45) is 0 Å². The standard InChI is InChI=1S/C28H38N4O4S2.ClH/c1-5-22-11-8-9-18-32(22)38(34,35)23-16-14-21(15-17-23)27(33)31(20-19-30(6-2)7-3)28-29-26-24(36-4)12-10-13-25(26)37-28;/h10,12-17,22H,5-9,11,18-20H2,1-4H3;1H. The fourth-order valence-corrected chi connectivity index (χ4v) is 7.79. The molecular weight excluding hydrogens is 556 g/mol. The lowest BCUT2D eigenvalue weighted by atomic mass is 10.0. The Labute approximate surface area is 242 Å². The number of halogens is 1. The number of rotatable bonds is 11. The number of methoxy groups -OCH3 is 1. The molecule has 4 rings (SSSR count). The summed E-state index contributed by atoms with van der Waals surface area (Å²) in [5.74, 6) is 0.460. The van der Waals surface area contributed by atoms with Crippen LogP contribution in [-0.2, 0) is 10.0 Å². The second-order valence-corrected chi connectivity index (χ2v) is 12.4. The molecule has 0 radical (unpaired) electrons. The third kappa shape index (κ3) is 6.74. The quantitative estimate of drug-likeness (QED) is 0.284. The maximum absolute atomic E-state index is 13.8. The highest BCUT2D eigenvalue weighted by molar-refractivity contribution is 7.89. The molecule has 1 aromatic heterocycles. The van der Waals surface area contributed by atoms with Crippen molar-refractivity contribution in [2.45, 2.75) is 57.4 Å². The number of aromatic nitrogens is 1. The van der Waals surface area contributed by atoms with Gasteiger partial charge in [0, 0.05) is 31.2 Å². The van der Waals surface area contributed by atoms with E-state index in [0.29, 0.717) is 36.1 Å². The normalized spacial score (nSPS) is 16.3. The topological polar surface area (TPSA) is 83.1 Å². The van der Waals surface area contributed by atoms with Crippen LogP contribution in [0.3, 0.4) is 0 Å². The van der Waals surface area contributed by atoms with E-state index in [1.807, 2.05) is 25.1 Å². The Bertz CT molecular complexity index is 1340. The van der Waals surface area contributed by atoms with E-state index in [1.54, 1.807) is 40.6 Å². The summed E-state index contributed by atoms with van der Waals surface area (Å²) < 4.78 is 34.9. The molecule has 2 heterocycles. The van der Waals surface area contributed by atoms with Gasteiger partial charge in [-0.3, -0.25) is 9.69 Å². The van der Waals surface area contributed by atoms with Gasteiger partial charge in [0.25, 0.3) is 5.91 Å². The number of anilines is 1. The largest absolute Gasteiger partial charge is 0.494 e. The van der Waals surface area contributed by atoms with Gasteiger partial charge in [-0.1, -0.05) is 44.6 Å². The maximum Gasteiger partial charge on any atom is 0.260 e. The Morgan fingerprint density at radius 3 is 2.44 bits per heavy atom. The SMILES string of the molecule is CCC1CCCCN1S(=O)(=O)c1ccc(C(=O)N(CCN(CC)CC)c2nc3c(OC)cccc3s2)cc1.Cl. The molecule has 1 unspecified atom stereocenters. The Balaban J connectivity index is 0.00000420. The van der Waals surface area contributed by atoms with Gasteiger partial charge in [0.2, 0.25) is 10.0 Å². The van der Waals surface area contributed by atoms with E-state index in [4.69, 9.17) is 9.72 Å². The van der Waals surface area contributed by atoms with Gasteiger partial charge in [0.15, 0.2) is 5.13 Å².